The fraction of sp³-hybridized carbons (Fsp3) is 0.300. The number of aliphatic carboxylic acids is 1. The van der Waals surface area contributed by atoms with Gasteiger partial charge in [-0.05, 0) is 31.9 Å². The van der Waals surface area contributed by atoms with Crippen LogP contribution in [-0.2, 0) is 11.2 Å². The number of fused-ring (bicyclic) bond motifs is 1. The van der Waals surface area contributed by atoms with Gasteiger partial charge in [-0.25, -0.2) is 9.50 Å². The Kier molecular flexibility index (Phi) is 5.58. The molecule has 8 nitrogen and oxygen atoms in total. The number of benzene rings is 1. The van der Waals surface area contributed by atoms with Gasteiger partial charge in [0.1, 0.15) is 5.75 Å². The largest absolute Gasteiger partial charge is 0.496 e. The molecule has 3 rings (SSSR count). The SMILES string of the molecule is COc1ccccc1CC(CNC(=O)c1cnc2cc(C)nn2c1C)C(=O)O. The average Bonchev–Trinajstić information content (AvgIpc) is 3.06. The van der Waals surface area contributed by atoms with Gasteiger partial charge in [-0.15, -0.1) is 0 Å². The molecule has 0 aliphatic rings. The van der Waals surface area contributed by atoms with E-state index in [4.69, 9.17) is 4.74 Å². The Bertz CT molecular complexity index is 1030. The van der Waals surface area contributed by atoms with Gasteiger partial charge < -0.3 is 15.2 Å². The molecule has 146 valence electrons. The lowest BCUT2D eigenvalue weighted by Gasteiger charge is -2.16. The number of nitrogens with zero attached hydrogens (tertiary/aromatic N) is 3. The van der Waals surface area contributed by atoms with E-state index < -0.39 is 11.9 Å². The second-order valence-corrected chi connectivity index (χ2v) is 6.57. The van der Waals surface area contributed by atoms with Crippen LogP contribution in [0, 0.1) is 19.8 Å². The van der Waals surface area contributed by atoms with E-state index in [9.17, 15) is 14.7 Å². The lowest BCUT2D eigenvalue weighted by Crippen LogP contribution is -2.34. The van der Waals surface area contributed by atoms with Crippen molar-refractivity contribution in [3.05, 3.63) is 59.0 Å². The summed E-state index contributed by atoms with van der Waals surface area (Å²) in [7, 11) is 1.54. The first-order valence-electron chi connectivity index (χ1n) is 8.85. The number of hydrogen-bond acceptors (Lipinski definition) is 5. The lowest BCUT2D eigenvalue weighted by molar-refractivity contribution is -0.141. The summed E-state index contributed by atoms with van der Waals surface area (Å²) in [5.74, 6) is -1.53. The zero-order chi connectivity index (χ0) is 20.3. The minimum Gasteiger partial charge on any atom is -0.496 e. The zero-order valence-corrected chi connectivity index (χ0v) is 16.0. The minimum atomic E-state index is -0.987. The summed E-state index contributed by atoms with van der Waals surface area (Å²) >= 11 is 0. The molecule has 2 heterocycles. The molecule has 0 fully saturated rings. The quantitative estimate of drug-likeness (QED) is 0.648. The van der Waals surface area contributed by atoms with Crippen molar-refractivity contribution >= 4 is 17.5 Å². The second kappa shape index (κ2) is 8.08. The van der Waals surface area contributed by atoms with E-state index in [1.54, 1.807) is 24.6 Å². The van der Waals surface area contributed by atoms with Crippen LogP contribution in [0.2, 0.25) is 0 Å². The highest BCUT2D eigenvalue weighted by Crippen LogP contribution is 2.21. The number of carbonyl (C=O) groups is 2. The minimum absolute atomic E-state index is 0.0121. The number of aryl methyl sites for hydroxylation is 2. The molecule has 2 N–H and O–H groups in total. The Hall–Kier alpha value is -3.42. The van der Waals surface area contributed by atoms with Crippen LogP contribution in [0.25, 0.3) is 5.65 Å². The summed E-state index contributed by atoms with van der Waals surface area (Å²) in [5.41, 5.74) is 3.24. The third-order valence-corrected chi connectivity index (χ3v) is 4.61. The summed E-state index contributed by atoms with van der Waals surface area (Å²) in [5, 5.41) is 16.6. The molecule has 0 saturated heterocycles. The summed E-state index contributed by atoms with van der Waals surface area (Å²) < 4.78 is 6.89. The first kappa shape index (κ1) is 19.3. The van der Waals surface area contributed by atoms with Gasteiger partial charge in [-0.3, -0.25) is 9.59 Å². The van der Waals surface area contributed by atoms with Gasteiger partial charge in [0.05, 0.1) is 30.0 Å². The summed E-state index contributed by atoms with van der Waals surface area (Å²) in [6.45, 7) is 3.62. The van der Waals surface area contributed by atoms with Gasteiger partial charge >= 0.3 is 5.97 Å². The third-order valence-electron chi connectivity index (χ3n) is 4.61. The monoisotopic (exact) mass is 382 g/mol. The van der Waals surface area contributed by atoms with Crippen molar-refractivity contribution in [2.75, 3.05) is 13.7 Å². The van der Waals surface area contributed by atoms with E-state index in [1.165, 1.54) is 6.20 Å². The van der Waals surface area contributed by atoms with Crippen LogP contribution >= 0.6 is 0 Å². The van der Waals surface area contributed by atoms with Crippen molar-refractivity contribution in [3.8, 4) is 5.75 Å². The van der Waals surface area contributed by atoms with Crippen molar-refractivity contribution in [2.45, 2.75) is 20.3 Å². The third kappa shape index (κ3) is 3.95. The number of hydrogen-bond donors (Lipinski definition) is 2. The average molecular weight is 382 g/mol. The van der Waals surface area contributed by atoms with Crippen molar-refractivity contribution in [3.63, 3.8) is 0 Å². The van der Waals surface area contributed by atoms with Gasteiger partial charge in [-0.1, -0.05) is 18.2 Å². The van der Waals surface area contributed by atoms with E-state index in [0.29, 0.717) is 22.7 Å². The summed E-state index contributed by atoms with van der Waals surface area (Å²) in [4.78, 5) is 28.5. The number of amides is 1. The zero-order valence-electron chi connectivity index (χ0n) is 16.0. The van der Waals surface area contributed by atoms with E-state index >= 15 is 0 Å². The highest BCUT2D eigenvalue weighted by atomic mass is 16.5. The predicted octanol–water partition coefficient (Wildman–Crippen LogP) is 2.03. The summed E-state index contributed by atoms with van der Waals surface area (Å²) in [6, 6.07) is 9.07. The van der Waals surface area contributed by atoms with Gasteiger partial charge in [0.15, 0.2) is 5.65 Å². The normalized spacial score (nSPS) is 12.0. The van der Waals surface area contributed by atoms with Crippen LogP contribution in [0.5, 0.6) is 5.75 Å². The van der Waals surface area contributed by atoms with Gasteiger partial charge in [-0.2, -0.15) is 5.10 Å². The fourth-order valence-corrected chi connectivity index (χ4v) is 3.08. The molecule has 28 heavy (non-hydrogen) atoms. The Morgan fingerprint density at radius 2 is 2.04 bits per heavy atom. The molecule has 1 atom stereocenters. The van der Waals surface area contributed by atoms with Crippen LogP contribution in [0.3, 0.4) is 0 Å². The maximum atomic E-state index is 12.6. The maximum absolute atomic E-state index is 12.6. The first-order valence-corrected chi connectivity index (χ1v) is 8.85. The molecule has 8 heteroatoms. The van der Waals surface area contributed by atoms with Crippen molar-refractivity contribution in [2.24, 2.45) is 5.92 Å². The first-order chi connectivity index (χ1) is 13.4. The van der Waals surface area contributed by atoms with Gasteiger partial charge in [0.2, 0.25) is 0 Å². The Labute approximate surface area is 162 Å². The smallest absolute Gasteiger partial charge is 0.308 e. The topological polar surface area (TPSA) is 106 Å². The number of methoxy groups -OCH3 is 1. The molecule has 0 bridgehead atoms. The molecule has 0 aliphatic heterocycles. The highest BCUT2D eigenvalue weighted by Gasteiger charge is 2.22. The number of aromatic nitrogens is 3. The summed E-state index contributed by atoms with van der Waals surface area (Å²) in [6.07, 6.45) is 1.73. The number of carboxylic acids is 1. The van der Waals surface area contributed by atoms with Crippen LogP contribution in [0.15, 0.2) is 36.5 Å². The van der Waals surface area contributed by atoms with Crippen LogP contribution in [-0.4, -0.2) is 45.2 Å². The Morgan fingerprint density at radius 3 is 2.75 bits per heavy atom. The molecule has 0 radical (unpaired) electrons. The fourth-order valence-electron chi connectivity index (χ4n) is 3.08. The van der Waals surface area contributed by atoms with Crippen molar-refractivity contribution in [1.82, 2.24) is 19.9 Å². The van der Waals surface area contributed by atoms with E-state index in [-0.39, 0.29) is 18.9 Å². The maximum Gasteiger partial charge on any atom is 0.308 e. The van der Waals surface area contributed by atoms with Gasteiger partial charge in [0.25, 0.3) is 5.91 Å². The number of para-hydroxylation sites is 1. The lowest BCUT2D eigenvalue weighted by atomic mass is 9.98. The number of ether oxygens (including phenoxy) is 1. The molecule has 0 spiro atoms. The van der Waals surface area contributed by atoms with Crippen LogP contribution < -0.4 is 10.1 Å². The van der Waals surface area contributed by atoms with Crippen LogP contribution in [0.4, 0.5) is 0 Å². The molecular formula is C20H22N4O4. The Morgan fingerprint density at radius 1 is 1.29 bits per heavy atom. The van der Waals surface area contributed by atoms with Crippen molar-refractivity contribution in [1.29, 1.82) is 0 Å². The molecule has 1 aromatic carbocycles. The predicted molar refractivity (Wildman–Crippen MR) is 103 cm³/mol. The molecule has 2 aromatic heterocycles. The standard InChI is InChI=1S/C20H22N4O4/c1-12-8-18-21-11-16(13(2)24(18)23-12)19(25)22-10-15(20(26)27)9-14-6-4-5-7-17(14)28-3/h4-8,11,15H,9-10H2,1-3H3,(H,22,25)(H,26,27). The molecule has 0 saturated carbocycles. The van der Waals surface area contributed by atoms with Crippen molar-refractivity contribution < 1.29 is 19.4 Å². The highest BCUT2D eigenvalue weighted by molar-refractivity contribution is 5.95. The Balaban J connectivity index is 1.74. The molecule has 0 aliphatic carbocycles. The molecule has 1 unspecified atom stereocenters. The molecule has 1 amide bonds. The van der Waals surface area contributed by atoms with E-state index in [0.717, 1.165) is 11.3 Å². The van der Waals surface area contributed by atoms with E-state index in [1.807, 2.05) is 31.2 Å². The van der Waals surface area contributed by atoms with E-state index in [2.05, 4.69) is 15.4 Å². The second-order valence-electron chi connectivity index (χ2n) is 6.57. The number of carbonyl (C=O) groups excluding carboxylic acids is 1. The van der Waals surface area contributed by atoms with Gasteiger partial charge in [0, 0.05) is 18.8 Å². The number of nitrogens with one attached hydrogen (secondary N) is 1. The number of carboxylic acid groups (broad SMARTS) is 1. The molecule has 3 aromatic rings. The molecular weight excluding hydrogens is 360 g/mol. The van der Waals surface area contributed by atoms with Crippen LogP contribution in [0.1, 0.15) is 27.3 Å². The number of rotatable bonds is 7.